The van der Waals surface area contributed by atoms with Crippen molar-refractivity contribution in [3.63, 3.8) is 0 Å². The Morgan fingerprint density at radius 2 is 2.26 bits per heavy atom. The summed E-state index contributed by atoms with van der Waals surface area (Å²) >= 11 is 0. The normalized spacial score (nSPS) is 24.6. The first-order valence-corrected chi connectivity index (χ1v) is 7.54. The van der Waals surface area contributed by atoms with Crippen molar-refractivity contribution in [3.8, 4) is 11.8 Å². The van der Waals surface area contributed by atoms with Gasteiger partial charge < -0.3 is 19.5 Å². The third kappa shape index (κ3) is 3.09. The van der Waals surface area contributed by atoms with Crippen molar-refractivity contribution in [1.29, 1.82) is 5.26 Å². The summed E-state index contributed by atoms with van der Waals surface area (Å²) in [7, 11) is 1.54. The Morgan fingerprint density at radius 3 is 2.96 bits per heavy atom. The van der Waals surface area contributed by atoms with Gasteiger partial charge in [0.25, 0.3) is 0 Å². The minimum Gasteiger partial charge on any atom is -0.495 e. The Hall–Kier alpha value is -2.30. The standard InChI is InChI=1S/C16H19N3O4/c1-22-14-6-11(2-3-12(14)7-17)15-9-18-4-5-19(16(20)21)8-13(18)10-23-15/h2-3,6,13,15H,4-5,8-10H2,1H3,(H,20,21)/t13-,15-/m1/s1. The van der Waals surface area contributed by atoms with E-state index in [0.29, 0.717) is 44.1 Å². The van der Waals surface area contributed by atoms with E-state index in [4.69, 9.17) is 19.8 Å². The maximum atomic E-state index is 11.1. The van der Waals surface area contributed by atoms with E-state index in [0.717, 1.165) is 5.56 Å². The van der Waals surface area contributed by atoms with E-state index in [-0.39, 0.29) is 12.1 Å². The minimum absolute atomic E-state index is 0.0933. The number of amides is 1. The first-order chi connectivity index (χ1) is 11.1. The topological polar surface area (TPSA) is 86.0 Å². The number of ether oxygens (including phenoxy) is 2. The van der Waals surface area contributed by atoms with Crippen LogP contribution in [0.15, 0.2) is 18.2 Å². The number of hydrogen-bond acceptors (Lipinski definition) is 5. The van der Waals surface area contributed by atoms with Gasteiger partial charge in [-0.2, -0.15) is 5.26 Å². The number of carboxylic acid groups (broad SMARTS) is 1. The van der Waals surface area contributed by atoms with Gasteiger partial charge in [-0.3, -0.25) is 4.90 Å². The van der Waals surface area contributed by atoms with Gasteiger partial charge in [-0.05, 0) is 17.7 Å². The molecule has 2 heterocycles. The smallest absolute Gasteiger partial charge is 0.407 e. The Labute approximate surface area is 134 Å². The maximum absolute atomic E-state index is 11.1. The first kappa shape index (κ1) is 15.6. The van der Waals surface area contributed by atoms with Gasteiger partial charge in [0.15, 0.2) is 0 Å². The predicted octanol–water partition coefficient (Wildman–Crippen LogP) is 1.30. The highest BCUT2D eigenvalue weighted by Crippen LogP contribution is 2.30. The lowest BCUT2D eigenvalue weighted by Crippen LogP contribution is -2.59. The number of methoxy groups -OCH3 is 1. The lowest BCUT2D eigenvalue weighted by molar-refractivity contribution is -0.0867. The van der Waals surface area contributed by atoms with E-state index >= 15 is 0 Å². The van der Waals surface area contributed by atoms with Crippen molar-refractivity contribution in [2.45, 2.75) is 12.1 Å². The van der Waals surface area contributed by atoms with Crippen molar-refractivity contribution in [2.75, 3.05) is 39.9 Å². The average Bonchev–Trinajstić information content (AvgIpc) is 2.60. The molecule has 3 rings (SSSR count). The zero-order valence-electron chi connectivity index (χ0n) is 12.9. The molecule has 0 aromatic heterocycles. The van der Waals surface area contributed by atoms with Gasteiger partial charge in [0.1, 0.15) is 11.8 Å². The average molecular weight is 317 g/mol. The Morgan fingerprint density at radius 1 is 1.43 bits per heavy atom. The second-order valence-corrected chi connectivity index (χ2v) is 5.77. The third-order valence-electron chi connectivity index (χ3n) is 4.48. The zero-order chi connectivity index (χ0) is 16.4. The minimum atomic E-state index is -0.872. The monoisotopic (exact) mass is 317 g/mol. The number of nitrogens with zero attached hydrogens (tertiary/aromatic N) is 3. The molecule has 2 fully saturated rings. The van der Waals surface area contributed by atoms with Crippen LogP contribution in [0.1, 0.15) is 17.2 Å². The fourth-order valence-corrected chi connectivity index (χ4v) is 3.16. The van der Waals surface area contributed by atoms with Gasteiger partial charge in [-0.1, -0.05) is 6.07 Å². The maximum Gasteiger partial charge on any atom is 0.407 e. The summed E-state index contributed by atoms with van der Waals surface area (Å²) in [5.41, 5.74) is 1.47. The fourth-order valence-electron chi connectivity index (χ4n) is 3.16. The van der Waals surface area contributed by atoms with Gasteiger partial charge in [0.2, 0.25) is 0 Å². The Balaban J connectivity index is 1.71. The molecule has 2 aliphatic heterocycles. The largest absolute Gasteiger partial charge is 0.495 e. The Kier molecular flexibility index (Phi) is 4.37. The number of rotatable bonds is 2. The lowest BCUT2D eigenvalue weighted by Gasteiger charge is -2.45. The highest BCUT2D eigenvalue weighted by atomic mass is 16.5. The molecule has 1 N–H and O–H groups in total. The molecular weight excluding hydrogens is 298 g/mol. The quantitative estimate of drug-likeness (QED) is 0.885. The van der Waals surface area contributed by atoms with Crippen molar-refractivity contribution < 1.29 is 19.4 Å². The van der Waals surface area contributed by atoms with Crippen LogP contribution < -0.4 is 4.74 Å². The zero-order valence-corrected chi connectivity index (χ0v) is 12.9. The van der Waals surface area contributed by atoms with E-state index in [1.54, 1.807) is 13.2 Å². The van der Waals surface area contributed by atoms with Crippen molar-refractivity contribution >= 4 is 6.09 Å². The second kappa shape index (κ2) is 6.44. The molecule has 0 unspecified atom stereocenters. The van der Waals surface area contributed by atoms with E-state index in [9.17, 15) is 4.79 Å². The molecule has 0 spiro atoms. The van der Waals surface area contributed by atoms with E-state index < -0.39 is 6.09 Å². The SMILES string of the molecule is COc1cc([C@H]2CN3CCN(C(=O)O)C[C@@H]3CO2)ccc1C#N. The molecule has 1 amide bonds. The molecular formula is C16H19N3O4. The molecule has 2 saturated heterocycles. The highest BCUT2D eigenvalue weighted by Gasteiger charge is 2.35. The molecule has 2 aliphatic rings. The van der Waals surface area contributed by atoms with Crippen LogP contribution in [0.5, 0.6) is 5.75 Å². The van der Waals surface area contributed by atoms with Crippen molar-refractivity contribution in [3.05, 3.63) is 29.3 Å². The summed E-state index contributed by atoms with van der Waals surface area (Å²) in [5.74, 6) is 0.548. The van der Waals surface area contributed by atoms with Crippen LogP contribution in [-0.4, -0.2) is 66.9 Å². The molecule has 0 radical (unpaired) electrons. The van der Waals surface area contributed by atoms with Crippen LogP contribution in [0.25, 0.3) is 0 Å². The Bertz CT molecular complexity index is 643. The number of fused-ring (bicyclic) bond motifs is 1. The number of nitriles is 1. The van der Waals surface area contributed by atoms with Crippen LogP contribution in [0, 0.1) is 11.3 Å². The van der Waals surface area contributed by atoms with Crippen LogP contribution >= 0.6 is 0 Å². The molecule has 0 bridgehead atoms. The van der Waals surface area contributed by atoms with E-state index in [1.165, 1.54) is 4.90 Å². The molecule has 0 saturated carbocycles. The number of hydrogen-bond donors (Lipinski definition) is 1. The van der Waals surface area contributed by atoms with Gasteiger partial charge >= 0.3 is 6.09 Å². The van der Waals surface area contributed by atoms with Crippen LogP contribution in [0.4, 0.5) is 4.79 Å². The van der Waals surface area contributed by atoms with Crippen LogP contribution in [0.3, 0.4) is 0 Å². The molecule has 122 valence electrons. The van der Waals surface area contributed by atoms with E-state index in [2.05, 4.69) is 11.0 Å². The van der Waals surface area contributed by atoms with E-state index in [1.807, 2.05) is 12.1 Å². The van der Waals surface area contributed by atoms with Crippen molar-refractivity contribution in [1.82, 2.24) is 9.80 Å². The molecule has 1 aromatic carbocycles. The van der Waals surface area contributed by atoms with Crippen LogP contribution in [0.2, 0.25) is 0 Å². The highest BCUT2D eigenvalue weighted by molar-refractivity contribution is 5.65. The molecule has 1 aromatic rings. The van der Waals surface area contributed by atoms with Crippen molar-refractivity contribution in [2.24, 2.45) is 0 Å². The first-order valence-electron chi connectivity index (χ1n) is 7.54. The van der Waals surface area contributed by atoms with Gasteiger partial charge in [0.05, 0.1) is 31.4 Å². The fraction of sp³-hybridized carbons (Fsp3) is 0.500. The molecule has 7 heteroatoms. The molecule has 2 atom stereocenters. The summed E-state index contributed by atoms with van der Waals surface area (Å²) < 4.78 is 11.2. The van der Waals surface area contributed by atoms with Gasteiger partial charge in [-0.25, -0.2) is 4.79 Å². The molecule has 0 aliphatic carbocycles. The summed E-state index contributed by atoms with van der Waals surface area (Å²) in [4.78, 5) is 14.8. The lowest BCUT2D eigenvalue weighted by atomic mass is 10.0. The number of carbonyl (C=O) groups is 1. The number of piperazine rings is 1. The third-order valence-corrected chi connectivity index (χ3v) is 4.48. The predicted molar refractivity (Wildman–Crippen MR) is 81.4 cm³/mol. The number of morpholine rings is 1. The summed E-state index contributed by atoms with van der Waals surface area (Å²) in [6, 6.07) is 7.68. The second-order valence-electron chi connectivity index (χ2n) is 5.77. The van der Waals surface area contributed by atoms with Gasteiger partial charge in [-0.15, -0.1) is 0 Å². The summed E-state index contributed by atoms with van der Waals surface area (Å²) in [5, 5.41) is 18.1. The van der Waals surface area contributed by atoms with Crippen LogP contribution in [-0.2, 0) is 4.74 Å². The molecule has 23 heavy (non-hydrogen) atoms. The number of benzene rings is 1. The molecule has 7 nitrogen and oxygen atoms in total. The van der Waals surface area contributed by atoms with Gasteiger partial charge in [0, 0.05) is 26.2 Å². The summed E-state index contributed by atoms with van der Waals surface area (Å²) in [6.45, 7) is 2.93. The summed E-state index contributed by atoms with van der Waals surface area (Å²) in [6.07, 6.45) is -0.965.